The zero-order valence-electron chi connectivity index (χ0n) is 11.6. The smallest absolute Gasteiger partial charge is 0.123 e. The van der Waals surface area contributed by atoms with E-state index in [1.165, 1.54) is 5.56 Å². The van der Waals surface area contributed by atoms with Crippen molar-refractivity contribution in [1.29, 1.82) is 0 Å². The fourth-order valence-electron chi connectivity index (χ4n) is 2.01. The van der Waals surface area contributed by atoms with E-state index in [9.17, 15) is 0 Å². The monoisotopic (exact) mass is 259 g/mol. The molecule has 0 aliphatic rings. The molecule has 0 bridgehead atoms. The normalized spacial score (nSPS) is 10.6. The highest BCUT2D eigenvalue weighted by Gasteiger charge is 2.03. The molecule has 0 radical (unpaired) electrons. The second-order valence-corrected chi connectivity index (χ2v) is 4.48. The third-order valence-corrected chi connectivity index (χ3v) is 3.11. The zero-order chi connectivity index (χ0) is 13.5. The number of ether oxygens (including phenoxy) is 1. The Labute approximate surface area is 114 Å². The largest absolute Gasteiger partial charge is 0.464 e. The van der Waals surface area contributed by atoms with E-state index in [0.717, 1.165) is 36.7 Å². The summed E-state index contributed by atoms with van der Waals surface area (Å²) in [6.07, 6.45) is 1.85. The number of hydrogen-bond donors (Lipinski definition) is 1. The minimum absolute atomic E-state index is 0.712. The van der Waals surface area contributed by atoms with Gasteiger partial charge in [0.25, 0.3) is 0 Å². The number of rotatable bonds is 7. The number of aryl methyl sites for hydroxylation is 1. The standard InChI is InChI=1S/C16H21NO2/c1-3-14-8-9-15(19-14)12-17-16-7-5-4-6-13(16)10-11-18-2/h4-9,17H,3,10-12H2,1-2H3. The second kappa shape index (κ2) is 7.00. The summed E-state index contributed by atoms with van der Waals surface area (Å²) in [5.74, 6) is 2.00. The van der Waals surface area contributed by atoms with Crippen molar-refractivity contribution in [2.24, 2.45) is 0 Å². The summed E-state index contributed by atoms with van der Waals surface area (Å²) < 4.78 is 10.8. The number of furan rings is 1. The van der Waals surface area contributed by atoms with Crippen LogP contribution in [0.3, 0.4) is 0 Å². The van der Waals surface area contributed by atoms with Gasteiger partial charge in [-0.2, -0.15) is 0 Å². The summed E-state index contributed by atoms with van der Waals surface area (Å²) >= 11 is 0. The Morgan fingerprint density at radius 1 is 1.11 bits per heavy atom. The zero-order valence-corrected chi connectivity index (χ0v) is 11.6. The topological polar surface area (TPSA) is 34.4 Å². The van der Waals surface area contributed by atoms with Gasteiger partial charge in [0.05, 0.1) is 13.2 Å². The maximum Gasteiger partial charge on any atom is 0.123 e. The molecule has 1 aromatic carbocycles. The minimum Gasteiger partial charge on any atom is -0.464 e. The molecule has 0 aliphatic heterocycles. The summed E-state index contributed by atoms with van der Waals surface area (Å²) in [4.78, 5) is 0. The molecule has 1 aromatic heterocycles. The average molecular weight is 259 g/mol. The van der Waals surface area contributed by atoms with Crippen LogP contribution in [0.1, 0.15) is 24.0 Å². The number of hydrogen-bond acceptors (Lipinski definition) is 3. The van der Waals surface area contributed by atoms with Crippen LogP contribution in [0.4, 0.5) is 5.69 Å². The van der Waals surface area contributed by atoms with Crippen molar-refractivity contribution in [1.82, 2.24) is 0 Å². The molecule has 102 valence electrons. The van der Waals surface area contributed by atoms with E-state index in [1.807, 2.05) is 18.2 Å². The number of nitrogens with one attached hydrogen (secondary N) is 1. The molecule has 0 saturated carbocycles. The molecule has 0 spiro atoms. The maximum atomic E-state index is 5.69. The van der Waals surface area contributed by atoms with Crippen LogP contribution in [0.2, 0.25) is 0 Å². The molecule has 0 amide bonds. The van der Waals surface area contributed by atoms with E-state index < -0.39 is 0 Å². The molecule has 3 nitrogen and oxygen atoms in total. The van der Waals surface area contributed by atoms with E-state index in [-0.39, 0.29) is 0 Å². The lowest BCUT2D eigenvalue weighted by molar-refractivity contribution is 0.202. The maximum absolute atomic E-state index is 5.69. The lowest BCUT2D eigenvalue weighted by Crippen LogP contribution is -2.03. The molecular formula is C16H21NO2. The van der Waals surface area contributed by atoms with Crippen molar-refractivity contribution in [3.8, 4) is 0 Å². The van der Waals surface area contributed by atoms with Crippen molar-refractivity contribution < 1.29 is 9.15 Å². The van der Waals surface area contributed by atoms with E-state index >= 15 is 0 Å². The third kappa shape index (κ3) is 3.86. The van der Waals surface area contributed by atoms with E-state index in [1.54, 1.807) is 7.11 Å². The van der Waals surface area contributed by atoms with Crippen LogP contribution in [0.15, 0.2) is 40.8 Å². The lowest BCUT2D eigenvalue weighted by Gasteiger charge is -2.10. The summed E-state index contributed by atoms with van der Waals surface area (Å²) in [6, 6.07) is 12.4. The molecule has 2 rings (SSSR count). The average Bonchev–Trinajstić information content (AvgIpc) is 2.91. The molecule has 0 unspecified atom stereocenters. The van der Waals surface area contributed by atoms with Gasteiger partial charge in [0.15, 0.2) is 0 Å². The Morgan fingerprint density at radius 2 is 1.89 bits per heavy atom. The van der Waals surface area contributed by atoms with Crippen LogP contribution in [0, 0.1) is 0 Å². The van der Waals surface area contributed by atoms with Gasteiger partial charge in [0, 0.05) is 19.2 Å². The predicted octanol–water partition coefficient (Wildman–Crippen LogP) is 3.64. The second-order valence-electron chi connectivity index (χ2n) is 4.48. The number of methoxy groups -OCH3 is 1. The molecule has 3 heteroatoms. The van der Waals surface area contributed by atoms with Gasteiger partial charge in [-0.15, -0.1) is 0 Å². The Balaban J connectivity index is 1.98. The van der Waals surface area contributed by atoms with Crippen LogP contribution in [-0.4, -0.2) is 13.7 Å². The SMILES string of the molecule is CCc1ccc(CNc2ccccc2CCOC)o1. The minimum atomic E-state index is 0.712. The van der Waals surface area contributed by atoms with Gasteiger partial charge in [-0.25, -0.2) is 0 Å². The highest BCUT2D eigenvalue weighted by Crippen LogP contribution is 2.17. The molecule has 0 saturated heterocycles. The van der Waals surface area contributed by atoms with Crippen LogP contribution < -0.4 is 5.32 Å². The van der Waals surface area contributed by atoms with Crippen molar-refractivity contribution in [3.63, 3.8) is 0 Å². The van der Waals surface area contributed by atoms with Gasteiger partial charge < -0.3 is 14.5 Å². The quantitative estimate of drug-likeness (QED) is 0.824. The van der Waals surface area contributed by atoms with Crippen LogP contribution >= 0.6 is 0 Å². The van der Waals surface area contributed by atoms with E-state index in [0.29, 0.717) is 6.54 Å². The molecular weight excluding hydrogens is 238 g/mol. The highest BCUT2D eigenvalue weighted by molar-refractivity contribution is 5.51. The molecule has 0 aliphatic carbocycles. The Kier molecular flexibility index (Phi) is 5.04. The highest BCUT2D eigenvalue weighted by atomic mass is 16.5. The molecule has 0 fully saturated rings. The van der Waals surface area contributed by atoms with Crippen molar-refractivity contribution in [3.05, 3.63) is 53.5 Å². The Morgan fingerprint density at radius 3 is 2.63 bits per heavy atom. The first-order valence-electron chi connectivity index (χ1n) is 6.71. The van der Waals surface area contributed by atoms with Crippen molar-refractivity contribution >= 4 is 5.69 Å². The molecule has 19 heavy (non-hydrogen) atoms. The lowest BCUT2D eigenvalue weighted by atomic mass is 10.1. The summed E-state index contributed by atoms with van der Waals surface area (Å²) in [7, 11) is 1.73. The Hall–Kier alpha value is -1.74. The third-order valence-electron chi connectivity index (χ3n) is 3.11. The van der Waals surface area contributed by atoms with Gasteiger partial charge in [0.2, 0.25) is 0 Å². The van der Waals surface area contributed by atoms with Gasteiger partial charge >= 0.3 is 0 Å². The number of para-hydroxylation sites is 1. The van der Waals surface area contributed by atoms with Gasteiger partial charge in [-0.05, 0) is 30.2 Å². The number of anilines is 1. The van der Waals surface area contributed by atoms with Crippen LogP contribution in [0.5, 0.6) is 0 Å². The fourth-order valence-corrected chi connectivity index (χ4v) is 2.01. The van der Waals surface area contributed by atoms with Gasteiger partial charge in [-0.3, -0.25) is 0 Å². The Bertz CT molecular complexity index is 505. The summed E-state index contributed by atoms with van der Waals surface area (Å²) in [6.45, 7) is 3.54. The molecule has 2 aromatic rings. The molecule has 1 heterocycles. The molecule has 1 N–H and O–H groups in total. The first-order chi connectivity index (χ1) is 9.33. The molecule has 0 atom stereocenters. The van der Waals surface area contributed by atoms with Gasteiger partial charge in [0.1, 0.15) is 11.5 Å². The van der Waals surface area contributed by atoms with Gasteiger partial charge in [-0.1, -0.05) is 25.1 Å². The van der Waals surface area contributed by atoms with Crippen LogP contribution in [-0.2, 0) is 24.1 Å². The van der Waals surface area contributed by atoms with E-state index in [4.69, 9.17) is 9.15 Å². The first-order valence-corrected chi connectivity index (χ1v) is 6.71. The van der Waals surface area contributed by atoms with E-state index in [2.05, 4.69) is 30.4 Å². The first kappa shape index (κ1) is 13.7. The number of benzene rings is 1. The summed E-state index contributed by atoms with van der Waals surface area (Å²) in [5.41, 5.74) is 2.42. The van der Waals surface area contributed by atoms with Crippen molar-refractivity contribution in [2.75, 3.05) is 19.0 Å². The fraction of sp³-hybridized carbons (Fsp3) is 0.375. The summed E-state index contributed by atoms with van der Waals surface area (Å²) in [5, 5.41) is 3.43. The van der Waals surface area contributed by atoms with Crippen molar-refractivity contribution in [2.45, 2.75) is 26.3 Å². The van der Waals surface area contributed by atoms with Crippen LogP contribution in [0.25, 0.3) is 0 Å². The predicted molar refractivity (Wildman–Crippen MR) is 77.4 cm³/mol.